The third kappa shape index (κ3) is 4.74. The van der Waals surface area contributed by atoms with Gasteiger partial charge in [0.15, 0.2) is 11.8 Å². The molecule has 3 rings (SSSR count). The highest BCUT2D eigenvalue weighted by Gasteiger charge is 2.14. The predicted octanol–water partition coefficient (Wildman–Crippen LogP) is 2.79. The summed E-state index contributed by atoms with van der Waals surface area (Å²) in [6, 6.07) is 8.90. The largest absolute Gasteiger partial charge is 0.372 e. The van der Waals surface area contributed by atoms with Crippen molar-refractivity contribution in [1.29, 1.82) is 0 Å². The molecule has 1 aromatic heterocycles. The van der Waals surface area contributed by atoms with E-state index in [1.165, 1.54) is 24.1 Å². The SMILES string of the molecule is CCNC(=NCc1noc(C)n1)NC(C)c1cccc(N2CCCC2)c1. The van der Waals surface area contributed by atoms with Gasteiger partial charge in [0.1, 0.15) is 6.54 Å². The molecule has 7 heteroatoms. The summed E-state index contributed by atoms with van der Waals surface area (Å²) in [6.07, 6.45) is 2.57. The Kier molecular flexibility index (Phi) is 6.09. The van der Waals surface area contributed by atoms with Gasteiger partial charge < -0.3 is 20.1 Å². The molecule has 1 aliphatic heterocycles. The van der Waals surface area contributed by atoms with E-state index < -0.39 is 0 Å². The Bertz CT molecular complexity index is 735. The minimum atomic E-state index is 0.141. The fourth-order valence-corrected chi connectivity index (χ4v) is 3.13. The number of hydrogen-bond acceptors (Lipinski definition) is 5. The highest BCUT2D eigenvalue weighted by Crippen LogP contribution is 2.23. The van der Waals surface area contributed by atoms with E-state index in [-0.39, 0.29) is 6.04 Å². The molecule has 0 saturated carbocycles. The molecule has 0 radical (unpaired) electrons. The van der Waals surface area contributed by atoms with Gasteiger partial charge in [-0.05, 0) is 44.4 Å². The molecule has 140 valence electrons. The van der Waals surface area contributed by atoms with E-state index in [1.54, 1.807) is 6.92 Å². The Morgan fingerprint density at radius 2 is 2.15 bits per heavy atom. The van der Waals surface area contributed by atoms with Crippen LogP contribution >= 0.6 is 0 Å². The summed E-state index contributed by atoms with van der Waals surface area (Å²) < 4.78 is 4.99. The number of aromatic nitrogens is 2. The fourth-order valence-electron chi connectivity index (χ4n) is 3.13. The standard InChI is InChI=1S/C19H28N6O/c1-4-20-19(21-13-18-23-15(3)26-24-18)22-14(2)16-8-7-9-17(12-16)25-10-5-6-11-25/h7-9,12,14H,4-6,10-11,13H2,1-3H3,(H2,20,21,22). The van der Waals surface area contributed by atoms with Gasteiger partial charge in [-0.15, -0.1) is 0 Å². The number of aliphatic imine (C=N–C) groups is 1. The first-order valence-electron chi connectivity index (χ1n) is 9.34. The number of rotatable bonds is 6. The van der Waals surface area contributed by atoms with Gasteiger partial charge in [-0.1, -0.05) is 17.3 Å². The number of anilines is 1. The lowest BCUT2D eigenvalue weighted by Crippen LogP contribution is -2.38. The minimum absolute atomic E-state index is 0.141. The second-order valence-corrected chi connectivity index (χ2v) is 6.58. The molecule has 0 bridgehead atoms. The van der Waals surface area contributed by atoms with E-state index >= 15 is 0 Å². The van der Waals surface area contributed by atoms with Crippen LogP contribution in [0.3, 0.4) is 0 Å². The van der Waals surface area contributed by atoms with E-state index in [1.807, 2.05) is 6.92 Å². The van der Waals surface area contributed by atoms with Gasteiger partial charge >= 0.3 is 0 Å². The van der Waals surface area contributed by atoms with Gasteiger partial charge in [0.2, 0.25) is 5.89 Å². The van der Waals surface area contributed by atoms with Crippen molar-refractivity contribution in [2.75, 3.05) is 24.5 Å². The molecule has 1 aliphatic rings. The molecule has 0 aliphatic carbocycles. The second-order valence-electron chi connectivity index (χ2n) is 6.58. The van der Waals surface area contributed by atoms with Crippen LogP contribution in [0.2, 0.25) is 0 Å². The molecule has 1 aromatic carbocycles. The number of benzene rings is 1. The number of aryl methyl sites for hydroxylation is 1. The highest BCUT2D eigenvalue weighted by atomic mass is 16.5. The summed E-state index contributed by atoms with van der Waals surface area (Å²) in [6.45, 7) is 9.45. The molecule has 1 atom stereocenters. The van der Waals surface area contributed by atoms with Gasteiger partial charge in [0, 0.05) is 32.2 Å². The van der Waals surface area contributed by atoms with E-state index in [2.05, 4.69) is 61.9 Å². The van der Waals surface area contributed by atoms with E-state index in [9.17, 15) is 0 Å². The van der Waals surface area contributed by atoms with Gasteiger partial charge in [-0.2, -0.15) is 4.98 Å². The molecule has 1 fully saturated rings. The topological polar surface area (TPSA) is 78.6 Å². The van der Waals surface area contributed by atoms with Gasteiger partial charge in [-0.25, -0.2) is 4.99 Å². The van der Waals surface area contributed by atoms with Crippen molar-refractivity contribution < 1.29 is 4.52 Å². The lowest BCUT2D eigenvalue weighted by molar-refractivity contribution is 0.387. The summed E-state index contributed by atoms with van der Waals surface area (Å²) in [7, 11) is 0. The lowest BCUT2D eigenvalue weighted by atomic mass is 10.1. The molecule has 1 saturated heterocycles. The molecular formula is C19H28N6O. The quantitative estimate of drug-likeness (QED) is 0.612. The molecule has 2 N–H and O–H groups in total. The lowest BCUT2D eigenvalue weighted by Gasteiger charge is -2.22. The van der Waals surface area contributed by atoms with Gasteiger partial charge in [-0.3, -0.25) is 0 Å². The van der Waals surface area contributed by atoms with Crippen molar-refractivity contribution in [3.63, 3.8) is 0 Å². The molecule has 0 amide bonds. The highest BCUT2D eigenvalue weighted by molar-refractivity contribution is 5.80. The average Bonchev–Trinajstić information content (AvgIpc) is 3.32. The van der Waals surface area contributed by atoms with Crippen molar-refractivity contribution in [2.24, 2.45) is 4.99 Å². The van der Waals surface area contributed by atoms with E-state index in [4.69, 9.17) is 4.52 Å². The zero-order valence-corrected chi connectivity index (χ0v) is 15.8. The summed E-state index contributed by atoms with van der Waals surface area (Å²) in [5.41, 5.74) is 2.55. The van der Waals surface area contributed by atoms with Crippen LogP contribution < -0.4 is 15.5 Å². The number of nitrogens with zero attached hydrogens (tertiary/aromatic N) is 4. The Balaban J connectivity index is 1.67. The third-order valence-electron chi connectivity index (χ3n) is 4.49. The van der Waals surface area contributed by atoms with Crippen molar-refractivity contribution >= 4 is 11.6 Å². The molecule has 2 heterocycles. The third-order valence-corrected chi connectivity index (χ3v) is 4.49. The molecule has 2 aromatic rings. The Morgan fingerprint density at radius 3 is 2.85 bits per heavy atom. The molecule has 1 unspecified atom stereocenters. The van der Waals surface area contributed by atoms with Crippen LogP contribution in [0.4, 0.5) is 5.69 Å². The molecule has 0 spiro atoms. The van der Waals surface area contributed by atoms with Crippen LogP contribution in [0.5, 0.6) is 0 Å². The smallest absolute Gasteiger partial charge is 0.223 e. The Hall–Kier alpha value is -2.57. The van der Waals surface area contributed by atoms with E-state index in [0.29, 0.717) is 18.3 Å². The van der Waals surface area contributed by atoms with Crippen LogP contribution in [-0.2, 0) is 6.54 Å². The normalized spacial score (nSPS) is 16.0. The van der Waals surface area contributed by atoms with Crippen LogP contribution in [0.15, 0.2) is 33.8 Å². The zero-order chi connectivity index (χ0) is 18.4. The van der Waals surface area contributed by atoms with E-state index in [0.717, 1.165) is 25.6 Å². The van der Waals surface area contributed by atoms with Crippen molar-refractivity contribution in [3.05, 3.63) is 41.5 Å². The summed E-state index contributed by atoms with van der Waals surface area (Å²) in [5, 5.41) is 10.6. The summed E-state index contributed by atoms with van der Waals surface area (Å²) in [4.78, 5) is 11.2. The first-order chi connectivity index (χ1) is 12.7. The predicted molar refractivity (Wildman–Crippen MR) is 103 cm³/mol. The second kappa shape index (κ2) is 8.69. The van der Waals surface area contributed by atoms with Gasteiger partial charge in [0.05, 0.1) is 6.04 Å². The minimum Gasteiger partial charge on any atom is -0.372 e. The van der Waals surface area contributed by atoms with Crippen molar-refractivity contribution in [2.45, 2.75) is 46.2 Å². The monoisotopic (exact) mass is 356 g/mol. The zero-order valence-electron chi connectivity index (χ0n) is 15.8. The van der Waals surface area contributed by atoms with Gasteiger partial charge in [0.25, 0.3) is 0 Å². The molecule has 26 heavy (non-hydrogen) atoms. The first-order valence-corrected chi connectivity index (χ1v) is 9.34. The maximum absolute atomic E-state index is 4.99. The maximum Gasteiger partial charge on any atom is 0.223 e. The molecular weight excluding hydrogens is 328 g/mol. The number of nitrogens with one attached hydrogen (secondary N) is 2. The summed E-state index contributed by atoms with van der Waals surface area (Å²) >= 11 is 0. The van der Waals surface area contributed by atoms with Crippen LogP contribution in [0.25, 0.3) is 0 Å². The maximum atomic E-state index is 4.99. The average molecular weight is 356 g/mol. The fraction of sp³-hybridized carbons (Fsp3) is 0.526. The first kappa shape index (κ1) is 18.2. The van der Waals surface area contributed by atoms with Crippen molar-refractivity contribution in [3.8, 4) is 0 Å². The van der Waals surface area contributed by atoms with Crippen molar-refractivity contribution in [1.82, 2.24) is 20.8 Å². The number of hydrogen-bond donors (Lipinski definition) is 2. The van der Waals surface area contributed by atoms with Crippen LogP contribution in [0, 0.1) is 6.92 Å². The Labute approximate surface area is 154 Å². The number of guanidine groups is 1. The van der Waals surface area contributed by atoms with Crippen LogP contribution in [0.1, 0.15) is 50.0 Å². The summed E-state index contributed by atoms with van der Waals surface area (Å²) in [5.74, 6) is 1.89. The van der Waals surface area contributed by atoms with Crippen LogP contribution in [-0.4, -0.2) is 35.7 Å². The molecule has 7 nitrogen and oxygen atoms in total. The Morgan fingerprint density at radius 1 is 1.35 bits per heavy atom.